The molecular weight excluding hydrogens is 509 g/mol. The summed E-state index contributed by atoms with van der Waals surface area (Å²) >= 11 is 12.0. The van der Waals surface area contributed by atoms with Gasteiger partial charge >= 0.3 is 0 Å². The highest BCUT2D eigenvalue weighted by Gasteiger charge is 2.16. The summed E-state index contributed by atoms with van der Waals surface area (Å²) in [5.41, 5.74) is 0.604. The summed E-state index contributed by atoms with van der Waals surface area (Å²) in [5, 5.41) is 33.5. The molecule has 0 aliphatic carbocycles. The second-order valence-corrected chi connectivity index (χ2v) is 8.07. The van der Waals surface area contributed by atoms with Crippen LogP contribution in [0.5, 0.6) is 17.2 Å². The summed E-state index contributed by atoms with van der Waals surface area (Å²) in [6.45, 7) is 2.36. The van der Waals surface area contributed by atoms with E-state index in [0.717, 1.165) is 17.7 Å². The van der Waals surface area contributed by atoms with Gasteiger partial charge in [0.25, 0.3) is 11.6 Å². The first-order valence-corrected chi connectivity index (χ1v) is 11.2. The molecule has 0 saturated heterocycles. The van der Waals surface area contributed by atoms with E-state index in [2.05, 4.69) is 5.32 Å². The number of nitro groups is 1. The topological polar surface area (TPSA) is 135 Å². The Morgan fingerprint density at radius 1 is 1.11 bits per heavy atom. The predicted molar refractivity (Wildman–Crippen MR) is 135 cm³/mol. The van der Waals surface area contributed by atoms with Crippen LogP contribution in [0.25, 0.3) is 6.08 Å². The summed E-state index contributed by atoms with van der Waals surface area (Å²) in [5.74, 6) is -0.465. The minimum Gasteiger partial charge on any atom is -0.506 e. The zero-order chi connectivity index (χ0) is 26.2. The average Bonchev–Trinajstić information content (AvgIpc) is 2.85. The Kier molecular flexibility index (Phi) is 8.73. The number of rotatable bonds is 9. The fourth-order valence-electron chi connectivity index (χ4n) is 3.04. The summed E-state index contributed by atoms with van der Waals surface area (Å²) in [7, 11) is 0. The number of halogens is 2. The second-order valence-electron chi connectivity index (χ2n) is 7.26. The summed E-state index contributed by atoms with van der Waals surface area (Å²) in [4.78, 5) is 22.7. The van der Waals surface area contributed by atoms with E-state index in [9.17, 15) is 25.3 Å². The largest absolute Gasteiger partial charge is 0.506 e. The molecule has 0 atom stereocenters. The van der Waals surface area contributed by atoms with Crippen molar-refractivity contribution < 1.29 is 24.3 Å². The first-order chi connectivity index (χ1) is 17.2. The number of phenolic OH excluding ortho intramolecular Hbond substituents is 1. The van der Waals surface area contributed by atoms with Gasteiger partial charge in [0.15, 0.2) is 11.5 Å². The van der Waals surface area contributed by atoms with E-state index >= 15 is 0 Å². The number of nitrogens with one attached hydrogen (secondary N) is 1. The fourth-order valence-corrected chi connectivity index (χ4v) is 3.36. The summed E-state index contributed by atoms with van der Waals surface area (Å²) in [6, 6.07) is 15.0. The van der Waals surface area contributed by atoms with Crippen LogP contribution in [0.15, 0.2) is 60.2 Å². The van der Waals surface area contributed by atoms with Gasteiger partial charge in [0.05, 0.1) is 33.3 Å². The van der Waals surface area contributed by atoms with Crippen molar-refractivity contribution in [3.63, 3.8) is 0 Å². The number of non-ortho nitro benzene ring substituents is 1. The molecule has 0 aliphatic heterocycles. The van der Waals surface area contributed by atoms with Gasteiger partial charge in [-0.05, 0) is 54.5 Å². The van der Waals surface area contributed by atoms with Gasteiger partial charge in [-0.15, -0.1) is 0 Å². The molecule has 0 heterocycles. The molecule has 11 heteroatoms. The van der Waals surface area contributed by atoms with E-state index in [1.165, 1.54) is 12.1 Å². The Bertz CT molecular complexity index is 1380. The molecule has 3 rings (SSSR count). The zero-order valence-electron chi connectivity index (χ0n) is 18.8. The number of hydrogen-bond acceptors (Lipinski definition) is 7. The van der Waals surface area contributed by atoms with Crippen LogP contribution >= 0.6 is 23.2 Å². The third-order valence-corrected chi connectivity index (χ3v) is 5.50. The fraction of sp³-hybridized carbons (Fsp3) is 0.120. The lowest BCUT2D eigenvalue weighted by Crippen LogP contribution is -2.13. The van der Waals surface area contributed by atoms with Crippen LogP contribution in [0.2, 0.25) is 10.0 Å². The summed E-state index contributed by atoms with van der Waals surface area (Å²) < 4.78 is 11.5. The minimum atomic E-state index is -0.806. The van der Waals surface area contributed by atoms with E-state index in [-0.39, 0.29) is 23.6 Å². The van der Waals surface area contributed by atoms with Crippen LogP contribution in [-0.4, -0.2) is 22.5 Å². The first-order valence-electron chi connectivity index (χ1n) is 10.5. The van der Waals surface area contributed by atoms with Crippen LogP contribution in [0.4, 0.5) is 11.4 Å². The maximum absolute atomic E-state index is 12.6. The van der Waals surface area contributed by atoms with Gasteiger partial charge in [0, 0.05) is 6.07 Å². The van der Waals surface area contributed by atoms with Crippen molar-refractivity contribution >= 4 is 46.6 Å². The van der Waals surface area contributed by atoms with Crippen LogP contribution in [-0.2, 0) is 11.4 Å². The van der Waals surface area contributed by atoms with E-state index in [4.69, 9.17) is 32.7 Å². The quantitative estimate of drug-likeness (QED) is 0.112. The number of carbonyl (C=O) groups is 1. The van der Waals surface area contributed by atoms with Crippen LogP contribution in [0, 0.1) is 21.4 Å². The Balaban J connectivity index is 1.79. The van der Waals surface area contributed by atoms with Crippen molar-refractivity contribution in [2.24, 2.45) is 0 Å². The number of phenols is 1. The van der Waals surface area contributed by atoms with E-state index in [0.29, 0.717) is 33.7 Å². The van der Waals surface area contributed by atoms with Crippen molar-refractivity contribution in [2.75, 3.05) is 11.9 Å². The van der Waals surface area contributed by atoms with E-state index < -0.39 is 16.6 Å². The third-order valence-electron chi connectivity index (χ3n) is 4.76. The second kappa shape index (κ2) is 11.9. The number of nitro benzene ring substituents is 1. The molecule has 0 bridgehead atoms. The molecule has 3 aromatic rings. The van der Waals surface area contributed by atoms with Gasteiger partial charge in [-0.2, -0.15) is 5.26 Å². The van der Waals surface area contributed by atoms with Gasteiger partial charge in [-0.25, -0.2) is 0 Å². The molecule has 0 fully saturated rings. The van der Waals surface area contributed by atoms with Crippen LogP contribution < -0.4 is 14.8 Å². The van der Waals surface area contributed by atoms with E-state index in [1.54, 1.807) is 49.4 Å². The van der Waals surface area contributed by atoms with Crippen molar-refractivity contribution in [3.05, 3.63) is 91.5 Å². The maximum Gasteiger partial charge on any atom is 0.273 e. The highest BCUT2D eigenvalue weighted by atomic mass is 35.5. The van der Waals surface area contributed by atoms with Crippen molar-refractivity contribution in [2.45, 2.75) is 13.5 Å². The molecule has 184 valence electrons. The Morgan fingerprint density at radius 3 is 2.53 bits per heavy atom. The monoisotopic (exact) mass is 527 g/mol. The number of hydrogen-bond donors (Lipinski definition) is 2. The van der Waals surface area contributed by atoms with Crippen LogP contribution in [0.1, 0.15) is 18.1 Å². The van der Waals surface area contributed by atoms with Gasteiger partial charge in [-0.1, -0.05) is 35.3 Å². The zero-order valence-corrected chi connectivity index (χ0v) is 20.3. The lowest BCUT2D eigenvalue weighted by atomic mass is 10.1. The lowest BCUT2D eigenvalue weighted by Gasteiger charge is -2.13. The van der Waals surface area contributed by atoms with Gasteiger partial charge in [0.1, 0.15) is 24.0 Å². The number of carbonyl (C=O) groups excluding carboxylic acids is 1. The molecular formula is C25H19Cl2N3O6. The molecule has 3 aromatic carbocycles. The first kappa shape index (κ1) is 26.3. The molecule has 0 spiro atoms. The Hall–Kier alpha value is -4.26. The smallest absolute Gasteiger partial charge is 0.273 e. The predicted octanol–water partition coefficient (Wildman–Crippen LogP) is 6.13. The number of nitriles is 1. The molecule has 0 radical (unpaired) electrons. The molecule has 1 amide bonds. The molecule has 0 saturated carbocycles. The number of benzene rings is 3. The van der Waals surface area contributed by atoms with Crippen LogP contribution in [0.3, 0.4) is 0 Å². The third kappa shape index (κ3) is 6.66. The molecule has 0 aromatic heterocycles. The maximum atomic E-state index is 12.6. The van der Waals surface area contributed by atoms with Gasteiger partial charge in [-0.3, -0.25) is 14.9 Å². The Labute approximate surface area is 216 Å². The standard InChI is InChI=1S/C25H19Cl2N3O6/c1-2-35-24-11-15(4-8-23(24)36-14-16-3-6-19(26)20(27)10-16)9-17(13-28)25(32)29-21-7-5-18(30(33)34)12-22(21)31/h3-12,31H,2,14H2,1H3,(H,29,32). The van der Waals surface area contributed by atoms with Gasteiger partial charge in [0.2, 0.25) is 0 Å². The number of anilines is 1. The highest BCUT2D eigenvalue weighted by molar-refractivity contribution is 6.42. The molecule has 9 nitrogen and oxygen atoms in total. The number of ether oxygens (including phenoxy) is 2. The number of aromatic hydroxyl groups is 1. The molecule has 0 aliphatic rings. The lowest BCUT2D eigenvalue weighted by molar-refractivity contribution is -0.384. The normalized spacial score (nSPS) is 10.9. The Morgan fingerprint density at radius 2 is 1.89 bits per heavy atom. The van der Waals surface area contributed by atoms with Crippen molar-refractivity contribution in [1.29, 1.82) is 5.26 Å². The van der Waals surface area contributed by atoms with Crippen molar-refractivity contribution in [1.82, 2.24) is 0 Å². The molecule has 0 unspecified atom stereocenters. The number of nitrogens with zero attached hydrogens (tertiary/aromatic N) is 2. The summed E-state index contributed by atoms with van der Waals surface area (Å²) in [6.07, 6.45) is 1.34. The minimum absolute atomic E-state index is 0.0761. The van der Waals surface area contributed by atoms with Crippen molar-refractivity contribution in [3.8, 4) is 23.3 Å². The number of amides is 1. The van der Waals surface area contributed by atoms with E-state index in [1.807, 2.05) is 0 Å². The average molecular weight is 528 g/mol. The molecule has 2 N–H and O–H groups in total. The SMILES string of the molecule is CCOc1cc(C=C(C#N)C(=O)Nc2ccc([N+](=O)[O-])cc2O)ccc1OCc1ccc(Cl)c(Cl)c1. The highest BCUT2D eigenvalue weighted by Crippen LogP contribution is 2.32. The van der Waals surface area contributed by atoms with Gasteiger partial charge < -0.3 is 19.9 Å². The molecule has 36 heavy (non-hydrogen) atoms.